The molecule has 1 aromatic rings. The SMILES string of the molecule is OCC(O)c1ccc([B-](F)(F)F)cc1. The molecule has 0 radical (unpaired) electrons. The van der Waals surface area contributed by atoms with Gasteiger partial charge in [-0.2, -0.15) is 0 Å². The molecule has 0 aromatic heterocycles. The molecule has 0 saturated heterocycles. The van der Waals surface area contributed by atoms with Crippen LogP contribution in [0.3, 0.4) is 0 Å². The molecule has 0 spiro atoms. The number of halogens is 3. The van der Waals surface area contributed by atoms with Crippen molar-refractivity contribution in [2.75, 3.05) is 6.61 Å². The summed E-state index contributed by atoms with van der Waals surface area (Å²) in [4.78, 5) is 0. The van der Waals surface area contributed by atoms with Gasteiger partial charge in [0, 0.05) is 0 Å². The fourth-order valence-corrected chi connectivity index (χ4v) is 1.04. The minimum absolute atomic E-state index is 0.274. The Morgan fingerprint density at radius 2 is 1.64 bits per heavy atom. The second-order valence-corrected chi connectivity index (χ2v) is 2.94. The van der Waals surface area contributed by atoms with Gasteiger partial charge in [0.05, 0.1) is 6.61 Å². The lowest BCUT2D eigenvalue weighted by Gasteiger charge is -2.15. The molecule has 1 aromatic carbocycles. The Morgan fingerprint density at radius 1 is 1.14 bits per heavy atom. The molecule has 0 fully saturated rings. The minimum atomic E-state index is -4.99. The normalized spacial score (nSPS) is 14.1. The molecular formula is C8H9BF3O2-. The molecule has 1 rings (SSSR count). The molecule has 0 aliphatic rings. The van der Waals surface area contributed by atoms with E-state index < -0.39 is 25.2 Å². The van der Waals surface area contributed by atoms with Crippen LogP contribution in [0, 0.1) is 0 Å². The maximum atomic E-state index is 12.2. The summed E-state index contributed by atoms with van der Waals surface area (Å²) in [6.07, 6.45) is -1.12. The fraction of sp³-hybridized carbons (Fsp3) is 0.250. The van der Waals surface area contributed by atoms with Crippen molar-refractivity contribution < 1.29 is 23.2 Å². The van der Waals surface area contributed by atoms with E-state index in [-0.39, 0.29) is 5.56 Å². The summed E-state index contributed by atoms with van der Waals surface area (Å²) in [6.45, 7) is -5.49. The Bertz CT molecular complexity index is 296. The first-order chi connectivity index (χ1) is 6.45. The summed E-state index contributed by atoms with van der Waals surface area (Å²) >= 11 is 0. The van der Waals surface area contributed by atoms with Crippen LogP contribution in [-0.4, -0.2) is 23.8 Å². The molecule has 0 heterocycles. The van der Waals surface area contributed by atoms with E-state index >= 15 is 0 Å². The molecule has 2 nitrogen and oxygen atoms in total. The number of aliphatic hydroxyl groups is 2. The molecule has 0 aliphatic carbocycles. The van der Waals surface area contributed by atoms with Gasteiger partial charge in [-0.05, 0) is 5.56 Å². The van der Waals surface area contributed by atoms with E-state index in [4.69, 9.17) is 10.2 Å². The van der Waals surface area contributed by atoms with Crippen molar-refractivity contribution in [3.8, 4) is 0 Å². The molecular weight excluding hydrogens is 196 g/mol. The molecule has 1 unspecified atom stereocenters. The van der Waals surface area contributed by atoms with E-state index in [1.54, 1.807) is 0 Å². The predicted molar refractivity (Wildman–Crippen MR) is 47.2 cm³/mol. The smallest absolute Gasteiger partial charge is 0.445 e. The Morgan fingerprint density at radius 3 is 2.00 bits per heavy atom. The summed E-state index contributed by atoms with van der Waals surface area (Å²) in [5.74, 6) is 0. The van der Waals surface area contributed by atoms with E-state index in [0.29, 0.717) is 0 Å². The van der Waals surface area contributed by atoms with Gasteiger partial charge < -0.3 is 23.2 Å². The van der Waals surface area contributed by atoms with Crippen LogP contribution in [0.25, 0.3) is 0 Å². The van der Waals surface area contributed by atoms with Gasteiger partial charge in [0.15, 0.2) is 0 Å². The Balaban J connectivity index is 2.89. The van der Waals surface area contributed by atoms with Crippen molar-refractivity contribution in [2.45, 2.75) is 6.10 Å². The van der Waals surface area contributed by atoms with Crippen molar-refractivity contribution in [3.05, 3.63) is 29.8 Å². The highest BCUT2D eigenvalue weighted by Gasteiger charge is 2.25. The van der Waals surface area contributed by atoms with Crippen LogP contribution in [0.5, 0.6) is 0 Å². The average Bonchev–Trinajstić information content (AvgIpc) is 2.15. The highest BCUT2D eigenvalue weighted by Crippen LogP contribution is 2.13. The second-order valence-electron chi connectivity index (χ2n) is 2.94. The number of aliphatic hydroxyl groups excluding tert-OH is 2. The van der Waals surface area contributed by atoms with E-state index in [1.807, 2.05) is 0 Å². The highest BCUT2D eigenvalue weighted by molar-refractivity contribution is 6.73. The van der Waals surface area contributed by atoms with Crippen LogP contribution in [0.15, 0.2) is 24.3 Å². The van der Waals surface area contributed by atoms with E-state index in [1.165, 1.54) is 0 Å². The first kappa shape index (κ1) is 11.1. The zero-order chi connectivity index (χ0) is 10.8. The summed E-state index contributed by atoms with van der Waals surface area (Å²) in [6, 6.07) is 4.11. The van der Waals surface area contributed by atoms with Crippen LogP contribution < -0.4 is 5.46 Å². The number of hydrogen-bond acceptors (Lipinski definition) is 2. The maximum Gasteiger partial charge on any atom is 0.509 e. The van der Waals surface area contributed by atoms with E-state index in [9.17, 15) is 12.9 Å². The third-order valence-electron chi connectivity index (χ3n) is 1.87. The molecule has 14 heavy (non-hydrogen) atoms. The molecule has 6 heteroatoms. The molecule has 0 bridgehead atoms. The zero-order valence-electron chi connectivity index (χ0n) is 7.20. The molecule has 0 aliphatic heterocycles. The van der Waals surface area contributed by atoms with Crippen molar-refractivity contribution in [3.63, 3.8) is 0 Å². The summed E-state index contributed by atoms with van der Waals surface area (Å²) in [5.41, 5.74) is -0.435. The van der Waals surface area contributed by atoms with E-state index in [0.717, 1.165) is 24.3 Å². The van der Waals surface area contributed by atoms with Crippen molar-refractivity contribution >= 4 is 12.4 Å². The number of benzene rings is 1. The van der Waals surface area contributed by atoms with Gasteiger partial charge in [-0.25, -0.2) is 0 Å². The van der Waals surface area contributed by atoms with Crippen molar-refractivity contribution in [1.82, 2.24) is 0 Å². The second kappa shape index (κ2) is 4.02. The molecule has 0 saturated carbocycles. The Kier molecular flexibility index (Phi) is 3.18. The monoisotopic (exact) mass is 205 g/mol. The van der Waals surface area contributed by atoms with Crippen LogP contribution >= 0.6 is 0 Å². The standard InChI is InChI=1S/C8H9BF3O2/c10-9(11,12)7-3-1-6(2-4-7)8(14)5-13/h1-4,8,13-14H,5H2/q-1. The van der Waals surface area contributed by atoms with Crippen LogP contribution in [0.1, 0.15) is 11.7 Å². The lowest BCUT2D eigenvalue weighted by Crippen LogP contribution is -2.33. The predicted octanol–water partition coefficient (Wildman–Crippen LogP) is 0.767. The van der Waals surface area contributed by atoms with Gasteiger partial charge in [0.1, 0.15) is 6.10 Å². The Hall–Kier alpha value is -1.01. The Labute approximate surface area is 79.1 Å². The molecule has 0 amide bonds. The highest BCUT2D eigenvalue weighted by atomic mass is 19.4. The van der Waals surface area contributed by atoms with Crippen LogP contribution in [0.2, 0.25) is 0 Å². The third kappa shape index (κ3) is 2.49. The van der Waals surface area contributed by atoms with Gasteiger partial charge in [-0.3, -0.25) is 0 Å². The van der Waals surface area contributed by atoms with E-state index in [2.05, 4.69) is 0 Å². The topological polar surface area (TPSA) is 40.5 Å². The number of hydrogen-bond donors (Lipinski definition) is 2. The average molecular weight is 205 g/mol. The van der Waals surface area contributed by atoms with Crippen LogP contribution in [-0.2, 0) is 0 Å². The van der Waals surface area contributed by atoms with Crippen LogP contribution in [0.4, 0.5) is 12.9 Å². The molecule has 1 atom stereocenters. The first-order valence-electron chi connectivity index (χ1n) is 4.04. The van der Waals surface area contributed by atoms with Gasteiger partial charge in [-0.1, -0.05) is 24.3 Å². The maximum absolute atomic E-state index is 12.2. The van der Waals surface area contributed by atoms with Gasteiger partial charge in [-0.15, -0.1) is 5.46 Å². The zero-order valence-corrected chi connectivity index (χ0v) is 7.20. The minimum Gasteiger partial charge on any atom is -0.445 e. The first-order valence-corrected chi connectivity index (χ1v) is 4.04. The lowest BCUT2D eigenvalue weighted by molar-refractivity contribution is 0.0956. The fourth-order valence-electron chi connectivity index (χ4n) is 1.04. The van der Waals surface area contributed by atoms with Gasteiger partial charge in [0.2, 0.25) is 0 Å². The van der Waals surface area contributed by atoms with Gasteiger partial charge >= 0.3 is 6.98 Å². The molecule has 2 N–H and O–H groups in total. The third-order valence-corrected chi connectivity index (χ3v) is 1.87. The summed E-state index contributed by atoms with van der Waals surface area (Å²) in [7, 11) is 0. The lowest BCUT2D eigenvalue weighted by atomic mass is 9.80. The van der Waals surface area contributed by atoms with Gasteiger partial charge in [0.25, 0.3) is 0 Å². The number of rotatable bonds is 3. The quantitative estimate of drug-likeness (QED) is 0.715. The largest absolute Gasteiger partial charge is 0.509 e. The summed E-state index contributed by atoms with van der Waals surface area (Å²) < 4.78 is 36.5. The molecule has 78 valence electrons. The van der Waals surface area contributed by atoms with Crippen molar-refractivity contribution in [1.29, 1.82) is 0 Å². The van der Waals surface area contributed by atoms with Crippen molar-refractivity contribution in [2.24, 2.45) is 0 Å². The summed E-state index contributed by atoms with van der Waals surface area (Å²) in [5, 5.41) is 17.6.